The molecule has 1 aliphatic heterocycles. The average molecular weight is 453 g/mol. The van der Waals surface area contributed by atoms with E-state index in [1.165, 1.54) is 28.0 Å². The van der Waals surface area contributed by atoms with Crippen molar-refractivity contribution in [2.24, 2.45) is 4.99 Å². The summed E-state index contributed by atoms with van der Waals surface area (Å²) in [6.07, 6.45) is 1.77. The number of allylic oxidation sites excluding steroid dienone is 1. The number of aromatic nitrogens is 1. The van der Waals surface area contributed by atoms with E-state index in [2.05, 4.69) is 4.99 Å². The van der Waals surface area contributed by atoms with Gasteiger partial charge in [-0.25, -0.2) is 14.2 Å². The summed E-state index contributed by atoms with van der Waals surface area (Å²) in [4.78, 5) is 31.2. The van der Waals surface area contributed by atoms with Crippen molar-refractivity contribution in [3.63, 3.8) is 0 Å². The molecule has 1 aromatic heterocycles. The van der Waals surface area contributed by atoms with Crippen molar-refractivity contribution < 1.29 is 18.7 Å². The van der Waals surface area contributed by atoms with Gasteiger partial charge in [-0.2, -0.15) is 0 Å². The fourth-order valence-electron chi connectivity index (χ4n) is 3.60. The van der Waals surface area contributed by atoms with Gasteiger partial charge in [0.15, 0.2) is 4.80 Å². The highest BCUT2D eigenvalue weighted by atomic mass is 32.1. The van der Waals surface area contributed by atoms with Crippen molar-refractivity contribution in [1.29, 1.82) is 0 Å². The molecule has 1 aliphatic rings. The summed E-state index contributed by atoms with van der Waals surface area (Å²) in [5.74, 6) is -0.235. The molecule has 32 heavy (non-hydrogen) atoms. The van der Waals surface area contributed by atoms with Crippen LogP contribution in [0.2, 0.25) is 0 Å². The van der Waals surface area contributed by atoms with Gasteiger partial charge in [0.1, 0.15) is 11.6 Å². The van der Waals surface area contributed by atoms with Crippen LogP contribution in [0, 0.1) is 5.82 Å². The van der Waals surface area contributed by atoms with Crippen LogP contribution in [-0.4, -0.2) is 24.3 Å². The number of rotatable bonds is 5. The molecule has 0 bridgehead atoms. The van der Waals surface area contributed by atoms with Gasteiger partial charge in [0.25, 0.3) is 5.56 Å². The zero-order chi connectivity index (χ0) is 22.8. The van der Waals surface area contributed by atoms with Gasteiger partial charge in [-0.3, -0.25) is 9.36 Å². The first-order valence-corrected chi connectivity index (χ1v) is 10.8. The number of hydrogen-bond donors (Lipinski definition) is 0. The van der Waals surface area contributed by atoms with Gasteiger partial charge in [-0.05, 0) is 55.3 Å². The van der Waals surface area contributed by atoms with Gasteiger partial charge >= 0.3 is 5.97 Å². The minimum atomic E-state index is -0.760. The van der Waals surface area contributed by atoms with Crippen LogP contribution in [0.5, 0.6) is 5.75 Å². The minimum Gasteiger partial charge on any atom is -0.497 e. The van der Waals surface area contributed by atoms with Gasteiger partial charge in [0.05, 0.1) is 35.6 Å². The van der Waals surface area contributed by atoms with Crippen LogP contribution in [0.25, 0.3) is 6.08 Å². The number of halogens is 1. The van der Waals surface area contributed by atoms with Crippen LogP contribution in [-0.2, 0) is 9.53 Å². The number of nitrogens with zero attached hydrogens (tertiary/aromatic N) is 2. The second-order valence-electron chi connectivity index (χ2n) is 7.13. The van der Waals surface area contributed by atoms with E-state index in [1.54, 1.807) is 39.2 Å². The van der Waals surface area contributed by atoms with Crippen LogP contribution >= 0.6 is 11.3 Å². The Kier molecular flexibility index (Phi) is 6.05. The lowest BCUT2D eigenvalue weighted by atomic mass is 9.96. The Bertz CT molecular complexity index is 1370. The van der Waals surface area contributed by atoms with Gasteiger partial charge in [0, 0.05) is 0 Å². The summed E-state index contributed by atoms with van der Waals surface area (Å²) in [6, 6.07) is 12.3. The molecular weight excluding hydrogens is 431 g/mol. The predicted octanol–water partition coefficient (Wildman–Crippen LogP) is 2.95. The number of thiazole rings is 1. The molecule has 0 spiro atoms. The molecule has 4 rings (SSSR count). The average Bonchev–Trinajstić information content (AvgIpc) is 3.08. The molecule has 2 heterocycles. The molecule has 8 heteroatoms. The number of fused-ring (bicyclic) bond motifs is 1. The molecule has 1 unspecified atom stereocenters. The lowest BCUT2D eigenvalue weighted by Crippen LogP contribution is -2.39. The molecular formula is C24H21FN2O4S. The largest absolute Gasteiger partial charge is 0.497 e. The first-order valence-electron chi connectivity index (χ1n) is 10.0. The van der Waals surface area contributed by atoms with Gasteiger partial charge < -0.3 is 9.47 Å². The summed E-state index contributed by atoms with van der Waals surface area (Å²) in [7, 11) is 1.59. The number of carbonyl (C=O) groups is 1. The maximum absolute atomic E-state index is 13.6. The summed E-state index contributed by atoms with van der Waals surface area (Å²) < 4.78 is 26.0. The Balaban J connectivity index is 1.92. The minimum absolute atomic E-state index is 0.188. The molecule has 0 N–H and O–H groups in total. The molecule has 0 radical (unpaired) electrons. The molecule has 0 saturated carbocycles. The van der Waals surface area contributed by atoms with E-state index in [0.717, 1.165) is 11.3 Å². The maximum atomic E-state index is 13.6. The molecule has 0 aliphatic carbocycles. The quantitative estimate of drug-likeness (QED) is 0.558. The molecule has 2 aromatic carbocycles. The van der Waals surface area contributed by atoms with Gasteiger partial charge in [0.2, 0.25) is 0 Å². The Morgan fingerprint density at radius 3 is 2.50 bits per heavy atom. The standard InChI is InChI=1S/C24H21FN2O4S/c1-4-31-23(29)20-14(2)26-24-27(21(20)16-7-9-17(25)10-8-16)22(28)19(32-24)13-15-5-11-18(30-3)12-6-15/h5-13,21H,4H2,1-3H3/b19-13+. The number of benzene rings is 2. The summed E-state index contributed by atoms with van der Waals surface area (Å²) in [5, 5.41) is 0. The van der Waals surface area contributed by atoms with Gasteiger partial charge in [-0.1, -0.05) is 35.6 Å². The van der Waals surface area contributed by atoms with E-state index in [0.29, 0.717) is 20.6 Å². The maximum Gasteiger partial charge on any atom is 0.338 e. The number of ether oxygens (including phenoxy) is 2. The fourth-order valence-corrected chi connectivity index (χ4v) is 4.65. The van der Waals surface area contributed by atoms with Crippen molar-refractivity contribution in [3.05, 3.63) is 96.4 Å². The van der Waals surface area contributed by atoms with Crippen LogP contribution in [0.15, 0.2) is 69.6 Å². The topological polar surface area (TPSA) is 69.9 Å². The Labute approximate surface area is 187 Å². The van der Waals surface area contributed by atoms with Crippen molar-refractivity contribution in [2.75, 3.05) is 13.7 Å². The normalized spacial score (nSPS) is 15.9. The smallest absolute Gasteiger partial charge is 0.338 e. The molecule has 1 atom stereocenters. The zero-order valence-corrected chi connectivity index (χ0v) is 18.6. The lowest BCUT2D eigenvalue weighted by Gasteiger charge is -2.24. The molecule has 0 amide bonds. The Morgan fingerprint density at radius 2 is 1.88 bits per heavy atom. The van der Waals surface area contributed by atoms with Gasteiger partial charge in [-0.15, -0.1) is 0 Å². The Morgan fingerprint density at radius 1 is 1.19 bits per heavy atom. The number of esters is 1. The highest BCUT2D eigenvalue weighted by molar-refractivity contribution is 7.07. The van der Waals surface area contributed by atoms with Crippen LogP contribution in [0.4, 0.5) is 4.39 Å². The third-order valence-electron chi connectivity index (χ3n) is 5.12. The summed E-state index contributed by atoms with van der Waals surface area (Å²) in [5.41, 5.74) is 1.88. The van der Waals surface area contributed by atoms with E-state index in [1.807, 2.05) is 24.3 Å². The van der Waals surface area contributed by atoms with Crippen LogP contribution in [0.3, 0.4) is 0 Å². The lowest BCUT2D eigenvalue weighted by molar-refractivity contribution is -0.139. The summed E-state index contributed by atoms with van der Waals surface area (Å²) >= 11 is 1.24. The number of carbonyl (C=O) groups excluding carboxylic acids is 1. The van der Waals surface area contributed by atoms with E-state index in [-0.39, 0.29) is 17.7 Å². The number of methoxy groups -OCH3 is 1. The molecule has 164 valence electrons. The summed E-state index contributed by atoms with van der Waals surface area (Å²) in [6.45, 7) is 3.61. The third kappa shape index (κ3) is 4.01. The molecule has 3 aromatic rings. The monoisotopic (exact) mass is 452 g/mol. The van der Waals surface area contributed by atoms with Crippen LogP contribution < -0.4 is 19.6 Å². The first-order chi connectivity index (χ1) is 15.4. The number of hydrogen-bond acceptors (Lipinski definition) is 6. The fraction of sp³-hybridized carbons (Fsp3) is 0.208. The zero-order valence-electron chi connectivity index (χ0n) is 17.8. The highest BCUT2D eigenvalue weighted by Gasteiger charge is 2.33. The first kappa shape index (κ1) is 21.7. The third-order valence-corrected chi connectivity index (χ3v) is 6.10. The van der Waals surface area contributed by atoms with E-state index in [4.69, 9.17) is 9.47 Å². The van der Waals surface area contributed by atoms with E-state index >= 15 is 0 Å². The molecule has 0 fully saturated rings. The SMILES string of the molecule is CCOC(=O)C1=C(C)N=c2s/c(=C/c3ccc(OC)cc3)c(=O)n2C1c1ccc(F)cc1. The molecule has 6 nitrogen and oxygen atoms in total. The van der Waals surface area contributed by atoms with Crippen molar-refractivity contribution >= 4 is 23.4 Å². The highest BCUT2D eigenvalue weighted by Crippen LogP contribution is 2.30. The van der Waals surface area contributed by atoms with Crippen molar-refractivity contribution in [1.82, 2.24) is 4.57 Å². The van der Waals surface area contributed by atoms with Crippen molar-refractivity contribution in [3.8, 4) is 5.75 Å². The predicted molar refractivity (Wildman–Crippen MR) is 120 cm³/mol. The Hall–Kier alpha value is -3.52. The van der Waals surface area contributed by atoms with E-state index in [9.17, 15) is 14.0 Å². The molecule has 0 saturated heterocycles. The second-order valence-corrected chi connectivity index (χ2v) is 8.14. The van der Waals surface area contributed by atoms with E-state index < -0.39 is 17.8 Å². The van der Waals surface area contributed by atoms with Crippen LogP contribution in [0.1, 0.15) is 31.0 Å². The van der Waals surface area contributed by atoms with Crippen molar-refractivity contribution in [2.45, 2.75) is 19.9 Å². The second kappa shape index (κ2) is 8.92.